The van der Waals surface area contributed by atoms with Gasteiger partial charge in [-0.1, -0.05) is 24.3 Å². The summed E-state index contributed by atoms with van der Waals surface area (Å²) in [4.78, 5) is 17.4. The van der Waals surface area contributed by atoms with E-state index in [1.165, 1.54) is 11.1 Å². The van der Waals surface area contributed by atoms with E-state index in [0.717, 1.165) is 36.0 Å². The molecule has 1 amide bonds. The second-order valence-electron chi connectivity index (χ2n) is 6.43. The van der Waals surface area contributed by atoms with E-state index < -0.39 is 0 Å². The van der Waals surface area contributed by atoms with Crippen molar-refractivity contribution in [2.45, 2.75) is 32.2 Å². The Hall–Kier alpha value is -2.69. The minimum Gasteiger partial charge on any atom is -0.345 e. The third kappa shape index (κ3) is 2.46. The zero-order valence-electron chi connectivity index (χ0n) is 13.9. The van der Waals surface area contributed by atoms with Crippen molar-refractivity contribution in [3.63, 3.8) is 0 Å². The molecule has 1 atom stereocenters. The minimum absolute atomic E-state index is 0.0554. The number of rotatable bonds is 2. The van der Waals surface area contributed by atoms with Gasteiger partial charge in [0.2, 0.25) is 0 Å². The Bertz CT molecular complexity index is 928. The maximum atomic E-state index is 12.9. The van der Waals surface area contributed by atoms with Crippen LogP contribution >= 0.6 is 0 Å². The zero-order valence-corrected chi connectivity index (χ0v) is 13.9. The van der Waals surface area contributed by atoms with Gasteiger partial charge in [-0.05, 0) is 43.4 Å². The highest BCUT2D eigenvalue weighted by atomic mass is 16.1. The average molecular weight is 320 g/mol. The van der Waals surface area contributed by atoms with Crippen LogP contribution in [-0.4, -0.2) is 20.7 Å². The van der Waals surface area contributed by atoms with Gasteiger partial charge < -0.3 is 5.32 Å². The van der Waals surface area contributed by atoms with Gasteiger partial charge in [0.25, 0.3) is 5.91 Å². The average Bonchev–Trinajstić information content (AvgIpc) is 2.95. The SMILES string of the molecule is Cc1cc(C(=O)NC2CCCc3ccccc32)c2cnn(C)c2n1. The molecule has 1 aromatic carbocycles. The Morgan fingerprint density at radius 1 is 1.33 bits per heavy atom. The van der Waals surface area contributed by atoms with Gasteiger partial charge in [0, 0.05) is 12.7 Å². The zero-order chi connectivity index (χ0) is 16.7. The Morgan fingerprint density at radius 3 is 3.04 bits per heavy atom. The number of aromatic nitrogens is 3. The van der Waals surface area contributed by atoms with Gasteiger partial charge in [0.15, 0.2) is 5.65 Å². The number of carbonyl (C=O) groups excluding carboxylic acids is 1. The number of aryl methyl sites for hydroxylation is 3. The summed E-state index contributed by atoms with van der Waals surface area (Å²) in [6.07, 6.45) is 4.87. The molecule has 0 bridgehead atoms. The standard InChI is InChI=1S/C19H20N4O/c1-12-10-15(16-11-20-23(2)18(16)21-12)19(24)22-17-9-5-7-13-6-3-4-8-14(13)17/h3-4,6,8,10-11,17H,5,7,9H2,1-2H3,(H,22,24). The van der Waals surface area contributed by atoms with Crippen molar-refractivity contribution in [2.75, 3.05) is 0 Å². The van der Waals surface area contributed by atoms with Crippen molar-refractivity contribution in [3.05, 3.63) is 58.9 Å². The molecular formula is C19H20N4O. The second kappa shape index (κ2) is 5.74. The van der Waals surface area contributed by atoms with Crippen LogP contribution in [0.25, 0.3) is 11.0 Å². The largest absolute Gasteiger partial charge is 0.345 e. The smallest absolute Gasteiger partial charge is 0.252 e. The maximum Gasteiger partial charge on any atom is 0.252 e. The van der Waals surface area contributed by atoms with E-state index in [9.17, 15) is 4.79 Å². The summed E-state index contributed by atoms with van der Waals surface area (Å²) in [5, 5.41) is 8.25. The van der Waals surface area contributed by atoms with Gasteiger partial charge >= 0.3 is 0 Å². The third-order valence-corrected chi connectivity index (χ3v) is 4.75. The summed E-state index contributed by atoms with van der Waals surface area (Å²) in [6.45, 7) is 1.90. The molecule has 1 unspecified atom stereocenters. The van der Waals surface area contributed by atoms with Crippen LogP contribution in [0.15, 0.2) is 36.5 Å². The molecule has 0 fully saturated rings. The quantitative estimate of drug-likeness (QED) is 0.789. The molecule has 2 heterocycles. The lowest BCUT2D eigenvalue weighted by molar-refractivity contribution is 0.0934. The van der Waals surface area contributed by atoms with Crippen molar-refractivity contribution < 1.29 is 4.79 Å². The summed E-state index contributed by atoms with van der Waals surface area (Å²) < 4.78 is 1.70. The number of nitrogens with zero attached hydrogens (tertiary/aromatic N) is 3. The molecule has 5 nitrogen and oxygen atoms in total. The van der Waals surface area contributed by atoms with E-state index >= 15 is 0 Å². The van der Waals surface area contributed by atoms with Crippen LogP contribution < -0.4 is 5.32 Å². The van der Waals surface area contributed by atoms with E-state index in [2.05, 4.69) is 33.6 Å². The molecule has 1 aliphatic rings. The lowest BCUT2D eigenvalue weighted by Crippen LogP contribution is -2.31. The number of nitrogens with one attached hydrogen (secondary N) is 1. The molecular weight excluding hydrogens is 300 g/mol. The molecule has 3 aromatic rings. The predicted molar refractivity (Wildman–Crippen MR) is 92.8 cm³/mol. The van der Waals surface area contributed by atoms with Crippen LogP contribution in [0.3, 0.4) is 0 Å². The van der Waals surface area contributed by atoms with Crippen molar-refractivity contribution >= 4 is 16.9 Å². The number of fused-ring (bicyclic) bond motifs is 2. The van der Waals surface area contributed by atoms with Crippen LogP contribution in [-0.2, 0) is 13.5 Å². The molecule has 2 aromatic heterocycles. The highest BCUT2D eigenvalue weighted by Gasteiger charge is 2.23. The summed E-state index contributed by atoms with van der Waals surface area (Å²) in [7, 11) is 1.84. The van der Waals surface area contributed by atoms with Crippen molar-refractivity contribution in [3.8, 4) is 0 Å². The molecule has 0 radical (unpaired) electrons. The van der Waals surface area contributed by atoms with Gasteiger partial charge in [0.05, 0.1) is 23.2 Å². The first-order valence-corrected chi connectivity index (χ1v) is 8.31. The van der Waals surface area contributed by atoms with Crippen molar-refractivity contribution in [2.24, 2.45) is 7.05 Å². The first-order valence-electron chi connectivity index (χ1n) is 8.31. The Kier molecular flexibility index (Phi) is 3.56. The van der Waals surface area contributed by atoms with Crippen LogP contribution in [0.1, 0.15) is 46.1 Å². The molecule has 5 heteroatoms. The fourth-order valence-corrected chi connectivity index (χ4v) is 3.57. The molecule has 4 rings (SSSR count). The summed E-state index contributed by atoms with van der Waals surface area (Å²) in [5.41, 5.74) is 4.79. The molecule has 0 spiro atoms. The van der Waals surface area contributed by atoms with Gasteiger partial charge in [-0.25, -0.2) is 4.98 Å². The lowest BCUT2D eigenvalue weighted by atomic mass is 9.87. The Balaban J connectivity index is 1.69. The van der Waals surface area contributed by atoms with Crippen LogP contribution in [0.4, 0.5) is 0 Å². The molecule has 0 aliphatic heterocycles. The molecule has 1 N–H and O–H groups in total. The molecule has 0 saturated heterocycles. The van der Waals surface area contributed by atoms with Crippen LogP contribution in [0, 0.1) is 6.92 Å². The summed E-state index contributed by atoms with van der Waals surface area (Å²) >= 11 is 0. The minimum atomic E-state index is -0.0554. The maximum absolute atomic E-state index is 12.9. The normalized spacial score (nSPS) is 16.8. The van der Waals surface area contributed by atoms with Crippen molar-refractivity contribution in [1.29, 1.82) is 0 Å². The van der Waals surface area contributed by atoms with Gasteiger partial charge in [-0.2, -0.15) is 5.10 Å². The molecule has 0 saturated carbocycles. The number of pyridine rings is 1. The summed E-state index contributed by atoms with van der Waals surface area (Å²) in [6, 6.07) is 10.3. The number of hydrogen-bond donors (Lipinski definition) is 1. The Morgan fingerprint density at radius 2 is 2.17 bits per heavy atom. The lowest BCUT2D eigenvalue weighted by Gasteiger charge is -2.26. The van der Waals surface area contributed by atoms with Gasteiger partial charge in [0.1, 0.15) is 0 Å². The molecule has 24 heavy (non-hydrogen) atoms. The van der Waals surface area contributed by atoms with Crippen molar-refractivity contribution in [1.82, 2.24) is 20.1 Å². The van der Waals surface area contributed by atoms with E-state index in [4.69, 9.17) is 0 Å². The molecule has 1 aliphatic carbocycles. The van der Waals surface area contributed by atoms with Gasteiger partial charge in [-0.3, -0.25) is 9.48 Å². The summed E-state index contributed by atoms with van der Waals surface area (Å²) in [5.74, 6) is -0.0554. The number of amides is 1. The monoisotopic (exact) mass is 320 g/mol. The first kappa shape index (κ1) is 14.9. The Labute approximate surface area is 140 Å². The predicted octanol–water partition coefficient (Wildman–Crippen LogP) is 3.08. The van der Waals surface area contributed by atoms with E-state index in [-0.39, 0.29) is 11.9 Å². The van der Waals surface area contributed by atoms with E-state index in [1.807, 2.05) is 26.1 Å². The first-order chi connectivity index (χ1) is 11.6. The number of carbonyl (C=O) groups is 1. The van der Waals surface area contributed by atoms with E-state index in [1.54, 1.807) is 10.9 Å². The number of hydrogen-bond acceptors (Lipinski definition) is 3. The number of benzene rings is 1. The fourth-order valence-electron chi connectivity index (χ4n) is 3.57. The second-order valence-corrected chi connectivity index (χ2v) is 6.43. The van der Waals surface area contributed by atoms with Crippen LogP contribution in [0.2, 0.25) is 0 Å². The van der Waals surface area contributed by atoms with Crippen LogP contribution in [0.5, 0.6) is 0 Å². The molecule has 122 valence electrons. The van der Waals surface area contributed by atoms with E-state index in [0.29, 0.717) is 5.56 Å². The fraction of sp³-hybridized carbons (Fsp3) is 0.316. The van der Waals surface area contributed by atoms with Gasteiger partial charge in [-0.15, -0.1) is 0 Å². The third-order valence-electron chi connectivity index (χ3n) is 4.75. The topological polar surface area (TPSA) is 59.8 Å². The highest BCUT2D eigenvalue weighted by Crippen LogP contribution is 2.30. The highest BCUT2D eigenvalue weighted by molar-refractivity contribution is 6.05.